The predicted octanol–water partition coefficient (Wildman–Crippen LogP) is 4.55. The molecule has 0 aliphatic carbocycles. The second-order valence-corrected chi connectivity index (χ2v) is 6.75. The molecular weight excluding hydrogens is 309 g/mol. The van der Waals surface area contributed by atoms with E-state index in [0.29, 0.717) is 11.5 Å². The summed E-state index contributed by atoms with van der Waals surface area (Å²) in [6.45, 7) is 6.11. The van der Waals surface area contributed by atoms with Crippen LogP contribution in [0.25, 0.3) is 0 Å². The van der Waals surface area contributed by atoms with Gasteiger partial charge in [0.15, 0.2) is 0 Å². The lowest BCUT2D eigenvalue weighted by atomic mass is 10.00. The molecule has 1 N–H and O–H groups in total. The van der Waals surface area contributed by atoms with Gasteiger partial charge in [0.2, 0.25) is 5.91 Å². The fourth-order valence-electron chi connectivity index (χ4n) is 2.43. The van der Waals surface area contributed by atoms with Crippen molar-refractivity contribution < 1.29 is 9.18 Å². The maximum absolute atomic E-state index is 12.8. The molecule has 122 valence electrons. The molecule has 0 aliphatic rings. The van der Waals surface area contributed by atoms with Crippen LogP contribution in [-0.4, -0.2) is 11.7 Å². The summed E-state index contributed by atoms with van der Waals surface area (Å²) < 4.78 is 12.8. The van der Waals surface area contributed by atoms with E-state index in [4.69, 9.17) is 0 Å². The van der Waals surface area contributed by atoms with E-state index >= 15 is 0 Å². The number of hydrogen-bond acceptors (Lipinski definition) is 2. The molecule has 0 aliphatic heterocycles. The number of carbonyl (C=O) groups excluding carboxylic acids is 1. The molecule has 2 aromatic rings. The minimum atomic E-state index is -0.237. The maximum atomic E-state index is 12.8. The summed E-state index contributed by atoms with van der Waals surface area (Å²) in [6.07, 6.45) is 0. The predicted molar refractivity (Wildman–Crippen MR) is 95.0 cm³/mol. The average Bonchev–Trinajstić information content (AvgIpc) is 2.51. The van der Waals surface area contributed by atoms with Crippen molar-refractivity contribution >= 4 is 17.7 Å². The minimum Gasteiger partial charge on any atom is -0.349 e. The molecule has 2 aromatic carbocycles. The first-order chi connectivity index (χ1) is 11.0. The zero-order valence-corrected chi connectivity index (χ0v) is 14.5. The smallest absolute Gasteiger partial charge is 0.230 e. The van der Waals surface area contributed by atoms with Crippen molar-refractivity contribution in [1.82, 2.24) is 5.32 Å². The lowest BCUT2D eigenvalue weighted by Gasteiger charge is -2.17. The molecule has 2 nitrogen and oxygen atoms in total. The number of thioether (sulfide) groups is 1. The molecule has 0 heterocycles. The summed E-state index contributed by atoms with van der Waals surface area (Å²) in [4.78, 5) is 12.1. The highest BCUT2D eigenvalue weighted by Gasteiger charge is 2.12. The van der Waals surface area contributed by atoms with Crippen LogP contribution in [0, 0.1) is 19.7 Å². The van der Waals surface area contributed by atoms with Crippen LogP contribution in [0.2, 0.25) is 0 Å². The van der Waals surface area contributed by atoms with Gasteiger partial charge in [0.25, 0.3) is 0 Å². The molecule has 0 spiro atoms. The molecule has 0 bridgehead atoms. The van der Waals surface area contributed by atoms with Gasteiger partial charge in [0.1, 0.15) is 5.82 Å². The Bertz CT molecular complexity index is 670. The van der Waals surface area contributed by atoms with Crippen molar-refractivity contribution in [2.24, 2.45) is 0 Å². The van der Waals surface area contributed by atoms with Crippen LogP contribution in [0.5, 0.6) is 0 Å². The van der Waals surface area contributed by atoms with Crippen molar-refractivity contribution in [3.05, 3.63) is 70.5 Å². The van der Waals surface area contributed by atoms with Crippen LogP contribution >= 0.6 is 11.8 Å². The molecule has 4 heteroatoms. The lowest BCUT2D eigenvalue weighted by Crippen LogP contribution is -2.28. The van der Waals surface area contributed by atoms with Crippen molar-refractivity contribution in [3.63, 3.8) is 0 Å². The Hall–Kier alpha value is -1.81. The van der Waals surface area contributed by atoms with E-state index in [2.05, 4.69) is 37.4 Å². The Morgan fingerprint density at radius 3 is 2.57 bits per heavy atom. The molecule has 0 saturated heterocycles. The number of hydrogen-bond donors (Lipinski definition) is 1. The molecule has 0 aromatic heterocycles. The number of halogens is 1. The van der Waals surface area contributed by atoms with Gasteiger partial charge in [-0.3, -0.25) is 4.79 Å². The Labute approximate surface area is 141 Å². The van der Waals surface area contributed by atoms with Crippen molar-refractivity contribution in [1.29, 1.82) is 0 Å². The van der Waals surface area contributed by atoms with Gasteiger partial charge in [-0.15, -0.1) is 11.8 Å². The summed E-state index contributed by atoms with van der Waals surface area (Å²) >= 11 is 1.53. The monoisotopic (exact) mass is 331 g/mol. The highest BCUT2D eigenvalue weighted by molar-refractivity contribution is 7.99. The second-order valence-electron chi connectivity index (χ2n) is 5.77. The Morgan fingerprint density at radius 1 is 1.17 bits per heavy atom. The average molecular weight is 331 g/mol. The molecule has 2 rings (SSSR count). The molecular formula is C19H22FNOS. The zero-order chi connectivity index (χ0) is 16.8. The van der Waals surface area contributed by atoms with E-state index in [1.54, 1.807) is 12.1 Å². The van der Waals surface area contributed by atoms with E-state index in [0.717, 1.165) is 11.1 Å². The first-order valence-electron chi connectivity index (χ1n) is 7.64. The fraction of sp³-hybridized carbons (Fsp3) is 0.316. The summed E-state index contributed by atoms with van der Waals surface area (Å²) in [5, 5.41) is 3.04. The summed E-state index contributed by atoms with van der Waals surface area (Å²) in [6, 6.07) is 12.7. The fourth-order valence-corrected chi connectivity index (χ4v) is 3.23. The number of nitrogens with one attached hydrogen (secondary N) is 1. The van der Waals surface area contributed by atoms with E-state index in [1.165, 1.54) is 35.0 Å². The van der Waals surface area contributed by atoms with Gasteiger partial charge in [-0.1, -0.05) is 35.9 Å². The minimum absolute atomic E-state index is 0.00572. The normalized spacial score (nSPS) is 12.0. The van der Waals surface area contributed by atoms with E-state index in [1.807, 2.05) is 6.92 Å². The summed E-state index contributed by atoms with van der Waals surface area (Å²) in [7, 11) is 0. The van der Waals surface area contributed by atoms with Crippen LogP contribution in [-0.2, 0) is 10.5 Å². The zero-order valence-electron chi connectivity index (χ0n) is 13.7. The molecule has 0 fully saturated rings. The topological polar surface area (TPSA) is 29.1 Å². The van der Waals surface area contributed by atoms with Crippen molar-refractivity contribution in [2.45, 2.75) is 32.6 Å². The molecule has 0 saturated carbocycles. The Balaban J connectivity index is 1.82. The van der Waals surface area contributed by atoms with Gasteiger partial charge in [0, 0.05) is 5.75 Å². The standard InChI is InChI=1S/C19H22FNOS/c1-13-4-5-14(2)18(10-13)15(3)21-19(22)12-23-11-16-6-8-17(20)9-7-16/h4-10,15H,11-12H2,1-3H3,(H,21,22)/t15-/m1/s1. The number of aryl methyl sites for hydroxylation is 2. The Morgan fingerprint density at radius 2 is 1.87 bits per heavy atom. The van der Waals surface area contributed by atoms with Gasteiger partial charge in [0.05, 0.1) is 11.8 Å². The van der Waals surface area contributed by atoms with Crippen molar-refractivity contribution in [3.8, 4) is 0 Å². The largest absolute Gasteiger partial charge is 0.349 e. The highest BCUT2D eigenvalue weighted by Crippen LogP contribution is 2.19. The number of benzene rings is 2. The number of carbonyl (C=O) groups is 1. The molecule has 1 atom stereocenters. The number of amides is 1. The molecule has 1 amide bonds. The van der Waals surface area contributed by atoms with Crippen molar-refractivity contribution in [2.75, 3.05) is 5.75 Å². The van der Waals surface area contributed by atoms with E-state index in [9.17, 15) is 9.18 Å². The van der Waals surface area contributed by atoms with Gasteiger partial charge in [-0.05, 0) is 49.6 Å². The Kier molecular flexibility index (Phi) is 6.22. The SMILES string of the molecule is Cc1ccc(C)c([C@@H](C)NC(=O)CSCc2ccc(F)cc2)c1. The molecule has 0 radical (unpaired) electrons. The van der Waals surface area contributed by atoms with Crippen LogP contribution in [0.3, 0.4) is 0 Å². The third kappa shape index (κ3) is 5.39. The van der Waals surface area contributed by atoms with Crippen LogP contribution < -0.4 is 5.32 Å². The summed E-state index contributed by atoms with van der Waals surface area (Å²) in [5.41, 5.74) is 4.55. The van der Waals surface area contributed by atoms with Gasteiger partial charge >= 0.3 is 0 Å². The van der Waals surface area contributed by atoms with E-state index < -0.39 is 0 Å². The van der Waals surface area contributed by atoms with E-state index in [-0.39, 0.29) is 17.8 Å². The van der Waals surface area contributed by atoms with Gasteiger partial charge in [-0.25, -0.2) is 4.39 Å². The third-order valence-corrected chi connectivity index (χ3v) is 4.70. The van der Waals surface area contributed by atoms with Crippen LogP contribution in [0.15, 0.2) is 42.5 Å². The lowest BCUT2D eigenvalue weighted by molar-refractivity contribution is -0.119. The number of rotatable bonds is 6. The summed E-state index contributed by atoms with van der Waals surface area (Å²) in [5.74, 6) is 0.877. The molecule has 0 unspecified atom stereocenters. The van der Waals surface area contributed by atoms with Crippen LogP contribution in [0.4, 0.5) is 4.39 Å². The van der Waals surface area contributed by atoms with Crippen LogP contribution in [0.1, 0.15) is 35.2 Å². The first kappa shape index (κ1) is 17.5. The first-order valence-corrected chi connectivity index (χ1v) is 8.80. The van der Waals surface area contributed by atoms with Gasteiger partial charge in [-0.2, -0.15) is 0 Å². The van der Waals surface area contributed by atoms with Gasteiger partial charge < -0.3 is 5.32 Å². The third-order valence-electron chi connectivity index (χ3n) is 3.69. The highest BCUT2D eigenvalue weighted by atomic mass is 32.2. The maximum Gasteiger partial charge on any atom is 0.230 e. The second kappa shape index (κ2) is 8.16. The molecule has 23 heavy (non-hydrogen) atoms. The quantitative estimate of drug-likeness (QED) is 0.841.